The third-order valence-electron chi connectivity index (χ3n) is 5.88. The fourth-order valence-electron chi connectivity index (χ4n) is 4.13. The van der Waals surface area contributed by atoms with Gasteiger partial charge in [0.25, 0.3) is 0 Å². The van der Waals surface area contributed by atoms with Gasteiger partial charge in [-0.15, -0.1) is 0 Å². The van der Waals surface area contributed by atoms with E-state index in [1.165, 1.54) is 6.66 Å². The number of Topliss-reactive ketones (excluding diaryl/α,β-unsaturated/α-hetero) is 1. The summed E-state index contributed by atoms with van der Waals surface area (Å²) in [6, 6.07) is 7.78. The normalized spacial score (nSPS) is 24.4. The molecular weight excluding hydrogens is 415 g/mol. The molecule has 3 N–H and O–H groups in total. The first-order valence-electron chi connectivity index (χ1n) is 11.2. The van der Waals surface area contributed by atoms with Crippen LogP contribution in [-0.4, -0.2) is 52.5 Å². The molecule has 1 aliphatic carbocycles. The number of aryl methyl sites for hydroxylation is 1. The maximum Gasteiger partial charge on any atom is 0.197 e. The van der Waals surface area contributed by atoms with E-state index in [-0.39, 0.29) is 24.0 Å². The Morgan fingerprint density at radius 1 is 1.29 bits per heavy atom. The average Bonchev–Trinajstić information content (AvgIpc) is 2.94. The Balaban J connectivity index is 1.72. The van der Waals surface area contributed by atoms with Crippen LogP contribution in [-0.2, 0) is 9.36 Å². The summed E-state index contributed by atoms with van der Waals surface area (Å²) in [4.78, 5) is 21.6. The van der Waals surface area contributed by atoms with Crippen molar-refractivity contribution in [1.29, 1.82) is 0 Å². The fraction of sp³-hybridized carbons (Fsp3) is 0.625. The molecule has 0 radical (unpaired) electrons. The molecule has 0 aliphatic heterocycles. The quantitative estimate of drug-likeness (QED) is 0.237. The van der Waals surface area contributed by atoms with Crippen LogP contribution in [0, 0.1) is 18.8 Å². The van der Waals surface area contributed by atoms with Crippen LogP contribution >= 0.6 is 7.37 Å². The van der Waals surface area contributed by atoms with E-state index in [9.17, 15) is 24.5 Å². The summed E-state index contributed by atoms with van der Waals surface area (Å²) in [7, 11) is -2.96. The Hall–Kier alpha value is -1.46. The zero-order valence-electron chi connectivity index (χ0n) is 18.7. The van der Waals surface area contributed by atoms with E-state index in [4.69, 9.17) is 4.74 Å². The van der Waals surface area contributed by atoms with Gasteiger partial charge in [0.1, 0.15) is 11.5 Å². The smallest absolute Gasteiger partial charge is 0.197 e. The van der Waals surface area contributed by atoms with Crippen molar-refractivity contribution < 1.29 is 29.2 Å². The first-order valence-corrected chi connectivity index (χ1v) is 13.5. The summed E-state index contributed by atoms with van der Waals surface area (Å²) in [6.45, 7) is 3.78. The number of rotatable bonds is 13. The third kappa shape index (κ3) is 9.69. The second-order valence-corrected chi connectivity index (χ2v) is 11.4. The molecule has 0 amide bonds. The van der Waals surface area contributed by atoms with Crippen molar-refractivity contribution >= 4 is 13.2 Å². The molecule has 174 valence electrons. The van der Waals surface area contributed by atoms with Crippen LogP contribution in [0.3, 0.4) is 0 Å². The second-order valence-electron chi connectivity index (χ2n) is 8.82. The zero-order valence-corrected chi connectivity index (χ0v) is 19.5. The standard InChI is InChI=1S/C24H37O6P/c1-18-8-7-9-20(16-18)30-14-13-19(25)11-12-22-21(23(26)17-24(22)27)10-5-3-4-6-15-31(2,28)29/h3,5,7-9,16,19,21-22,24-25,27H,4,6,10-15,17H2,1-2H3,(H,28,29)/b5-3+. The van der Waals surface area contributed by atoms with Gasteiger partial charge in [0.15, 0.2) is 7.37 Å². The average molecular weight is 453 g/mol. The molecule has 1 aliphatic rings. The van der Waals surface area contributed by atoms with Gasteiger partial charge in [-0.3, -0.25) is 9.36 Å². The largest absolute Gasteiger partial charge is 0.493 e. The van der Waals surface area contributed by atoms with Crippen molar-refractivity contribution in [2.24, 2.45) is 11.8 Å². The minimum Gasteiger partial charge on any atom is -0.493 e. The highest BCUT2D eigenvalue weighted by atomic mass is 31.2. The molecule has 0 saturated heterocycles. The molecule has 1 aromatic rings. The highest BCUT2D eigenvalue weighted by Gasteiger charge is 2.40. The lowest BCUT2D eigenvalue weighted by Crippen LogP contribution is -2.23. The first-order chi connectivity index (χ1) is 14.7. The number of hydrogen-bond donors (Lipinski definition) is 3. The number of ketones is 1. The molecule has 6 nitrogen and oxygen atoms in total. The lowest BCUT2D eigenvalue weighted by molar-refractivity contribution is -0.121. The number of carbonyl (C=O) groups excluding carboxylic acids is 1. The molecule has 7 heteroatoms. The van der Waals surface area contributed by atoms with Gasteiger partial charge in [-0.2, -0.15) is 0 Å². The van der Waals surface area contributed by atoms with Crippen LogP contribution < -0.4 is 4.74 Å². The van der Waals surface area contributed by atoms with Gasteiger partial charge >= 0.3 is 0 Å². The van der Waals surface area contributed by atoms with E-state index in [1.54, 1.807) is 0 Å². The highest BCUT2D eigenvalue weighted by molar-refractivity contribution is 7.57. The number of hydrogen-bond acceptors (Lipinski definition) is 5. The Bertz CT molecular complexity index is 771. The summed E-state index contributed by atoms with van der Waals surface area (Å²) >= 11 is 0. The summed E-state index contributed by atoms with van der Waals surface area (Å²) in [5.74, 6) is 0.499. The fourth-order valence-corrected chi connectivity index (χ4v) is 4.90. The van der Waals surface area contributed by atoms with Crippen molar-refractivity contribution in [1.82, 2.24) is 0 Å². The van der Waals surface area contributed by atoms with Gasteiger partial charge < -0.3 is 19.8 Å². The molecule has 31 heavy (non-hydrogen) atoms. The number of allylic oxidation sites excluding steroid dienone is 2. The molecular formula is C24H37O6P. The Labute approximate surface area is 185 Å². The SMILES string of the molecule is Cc1cccc(OCCC(O)CCC2C(O)CC(=O)C2C/C=C/CCCP(C)(=O)O)c1. The Kier molecular flexibility index (Phi) is 10.4. The van der Waals surface area contributed by atoms with E-state index >= 15 is 0 Å². The molecule has 2 rings (SSSR count). The number of aliphatic hydroxyl groups excluding tert-OH is 2. The topological polar surface area (TPSA) is 104 Å². The Morgan fingerprint density at radius 3 is 2.77 bits per heavy atom. The summed E-state index contributed by atoms with van der Waals surface area (Å²) in [6.07, 6.45) is 6.71. The third-order valence-corrected chi connectivity index (χ3v) is 7.02. The van der Waals surface area contributed by atoms with Crippen LogP contribution in [0.4, 0.5) is 0 Å². The van der Waals surface area contributed by atoms with Crippen LogP contribution in [0.25, 0.3) is 0 Å². The number of ether oxygens (including phenoxy) is 1. The summed E-state index contributed by atoms with van der Waals surface area (Å²) in [5, 5.41) is 20.6. The number of unbranched alkanes of at least 4 members (excludes halogenated alkanes) is 1. The summed E-state index contributed by atoms with van der Waals surface area (Å²) < 4.78 is 17.0. The lowest BCUT2D eigenvalue weighted by Gasteiger charge is -2.21. The first kappa shape index (κ1) is 25.8. The van der Waals surface area contributed by atoms with Gasteiger partial charge in [-0.05, 0) is 62.6 Å². The van der Waals surface area contributed by atoms with E-state index in [2.05, 4.69) is 0 Å². The molecule has 5 atom stereocenters. The molecule has 5 unspecified atom stereocenters. The van der Waals surface area contributed by atoms with E-state index in [1.807, 2.05) is 43.3 Å². The zero-order chi connectivity index (χ0) is 22.9. The monoisotopic (exact) mass is 452 g/mol. The van der Waals surface area contributed by atoms with Crippen molar-refractivity contribution in [2.45, 2.75) is 64.1 Å². The second kappa shape index (κ2) is 12.5. The van der Waals surface area contributed by atoms with Gasteiger partial charge in [0.2, 0.25) is 0 Å². The van der Waals surface area contributed by atoms with E-state index < -0.39 is 19.6 Å². The molecule has 0 bridgehead atoms. The molecule has 0 aromatic heterocycles. The van der Waals surface area contributed by atoms with Gasteiger partial charge in [0, 0.05) is 31.6 Å². The van der Waals surface area contributed by atoms with Crippen LogP contribution in [0.2, 0.25) is 0 Å². The Morgan fingerprint density at radius 2 is 2.06 bits per heavy atom. The lowest BCUT2D eigenvalue weighted by atomic mass is 9.86. The molecule has 0 heterocycles. The predicted molar refractivity (Wildman–Crippen MR) is 123 cm³/mol. The summed E-state index contributed by atoms with van der Waals surface area (Å²) in [5.41, 5.74) is 1.12. The minimum absolute atomic E-state index is 0.0767. The van der Waals surface area contributed by atoms with Crippen LogP contribution in [0.5, 0.6) is 5.75 Å². The number of carbonyl (C=O) groups is 1. The highest BCUT2D eigenvalue weighted by Crippen LogP contribution is 2.37. The van der Waals surface area contributed by atoms with E-state index in [0.29, 0.717) is 51.3 Å². The maximum atomic E-state index is 12.3. The van der Waals surface area contributed by atoms with Crippen molar-refractivity contribution in [3.63, 3.8) is 0 Å². The number of aliphatic hydroxyl groups is 2. The van der Waals surface area contributed by atoms with E-state index in [0.717, 1.165) is 11.3 Å². The molecule has 1 aromatic carbocycles. The van der Waals surface area contributed by atoms with Crippen LogP contribution in [0.15, 0.2) is 36.4 Å². The van der Waals surface area contributed by atoms with Crippen LogP contribution in [0.1, 0.15) is 50.5 Å². The maximum absolute atomic E-state index is 12.3. The van der Waals surface area contributed by atoms with Gasteiger partial charge in [0.05, 0.1) is 18.8 Å². The molecule has 1 fully saturated rings. The minimum atomic E-state index is -2.96. The predicted octanol–water partition coefficient (Wildman–Crippen LogP) is 4.10. The molecule has 1 saturated carbocycles. The molecule has 0 spiro atoms. The van der Waals surface area contributed by atoms with Gasteiger partial charge in [-0.25, -0.2) is 0 Å². The van der Waals surface area contributed by atoms with Gasteiger partial charge in [-0.1, -0.05) is 24.3 Å². The van der Waals surface area contributed by atoms with Crippen molar-refractivity contribution in [2.75, 3.05) is 19.4 Å². The van der Waals surface area contributed by atoms with Crippen molar-refractivity contribution in [3.8, 4) is 5.75 Å². The number of benzene rings is 1. The van der Waals surface area contributed by atoms with Crippen molar-refractivity contribution in [3.05, 3.63) is 42.0 Å².